The number of hydrogen-bond acceptors (Lipinski definition) is 6. The molecule has 220 valence electrons. The quantitative estimate of drug-likeness (QED) is 0.0606. The van der Waals surface area contributed by atoms with Crippen LogP contribution in [0.2, 0.25) is 0 Å². The number of fused-ring (bicyclic) bond motifs is 2. The summed E-state index contributed by atoms with van der Waals surface area (Å²) in [4.78, 5) is 37.2. The van der Waals surface area contributed by atoms with Crippen molar-refractivity contribution < 1.29 is 28.6 Å². The van der Waals surface area contributed by atoms with E-state index in [0.29, 0.717) is 36.5 Å². The molecule has 6 heteroatoms. The number of ether oxygens (including phenoxy) is 3. The van der Waals surface area contributed by atoms with Gasteiger partial charge in [0, 0.05) is 23.5 Å². The largest absolute Gasteiger partial charge is 0.462 e. The van der Waals surface area contributed by atoms with Crippen LogP contribution < -0.4 is 0 Å². The number of hydrogen-bond donors (Lipinski definition) is 0. The van der Waals surface area contributed by atoms with Gasteiger partial charge in [-0.15, -0.1) is 0 Å². The fourth-order valence-electron chi connectivity index (χ4n) is 6.14. The zero-order chi connectivity index (χ0) is 29.2. The first kappa shape index (κ1) is 32.8. The molecular formula is C33H52O6. The van der Waals surface area contributed by atoms with Crippen molar-refractivity contribution in [1.82, 2.24) is 0 Å². The van der Waals surface area contributed by atoms with Crippen LogP contribution in [-0.2, 0) is 28.6 Å². The summed E-state index contributed by atoms with van der Waals surface area (Å²) in [6.45, 7) is 20.4. The summed E-state index contributed by atoms with van der Waals surface area (Å²) in [5, 5.41) is 0. The van der Waals surface area contributed by atoms with Crippen LogP contribution in [0.4, 0.5) is 0 Å². The molecule has 2 rings (SSSR count). The van der Waals surface area contributed by atoms with Gasteiger partial charge in [-0.05, 0) is 62.7 Å². The van der Waals surface area contributed by atoms with Crippen molar-refractivity contribution in [3.63, 3.8) is 0 Å². The molecule has 0 saturated heterocycles. The molecule has 0 aromatic heterocycles. The normalized spacial score (nSPS) is 23.8. The highest BCUT2D eigenvalue weighted by atomic mass is 16.6. The fraction of sp³-hybridized carbons (Fsp3) is 0.727. The number of allylic oxidation sites excluding steroid dienone is 1. The molecule has 39 heavy (non-hydrogen) atoms. The van der Waals surface area contributed by atoms with E-state index in [1.165, 1.54) is 25.7 Å². The molecule has 6 nitrogen and oxygen atoms in total. The smallest absolute Gasteiger partial charge is 0.337 e. The Hall–Kier alpha value is -2.37. The Morgan fingerprint density at radius 1 is 0.974 bits per heavy atom. The van der Waals surface area contributed by atoms with Gasteiger partial charge in [0.25, 0.3) is 0 Å². The molecule has 2 bridgehead atoms. The average Bonchev–Trinajstić information content (AvgIpc) is 3.22. The van der Waals surface area contributed by atoms with E-state index in [2.05, 4.69) is 47.8 Å². The molecule has 0 aromatic carbocycles. The molecule has 0 aliphatic heterocycles. The number of rotatable bonds is 17. The molecule has 2 fully saturated rings. The maximum absolute atomic E-state index is 12.7. The van der Waals surface area contributed by atoms with Crippen molar-refractivity contribution >= 4 is 17.9 Å². The molecule has 0 N–H and O–H groups in total. The number of carbonyl (C=O) groups excluding carboxylic acids is 3. The molecule has 0 amide bonds. The summed E-state index contributed by atoms with van der Waals surface area (Å²) in [7, 11) is 0. The fourth-order valence-corrected chi connectivity index (χ4v) is 6.14. The molecular weight excluding hydrogens is 492 g/mol. The summed E-state index contributed by atoms with van der Waals surface area (Å²) < 4.78 is 16.7. The third kappa shape index (κ3) is 8.81. The number of unbranched alkanes of at least 4 members (excludes halogenated alkanes) is 4. The lowest BCUT2D eigenvalue weighted by atomic mass is 9.70. The summed E-state index contributed by atoms with van der Waals surface area (Å²) in [5.74, 6) is 0.189. The summed E-state index contributed by atoms with van der Waals surface area (Å²) in [6.07, 6.45) is 12.1. The van der Waals surface area contributed by atoms with Crippen molar-refractivity contribution in [2.24, 2.45) is 22.7 Å². The minimum absolute atomic E-state index is 0.00746. The van der Waals surface area contributed by atoms with E-state index in [1.54, 1.807) is 6.92 Å². The second-order valence-corrected chi connectivity index (χ2v) is 12.7. The van der Waals surface area contributed by atoms with Crippen LogP contribution in [0.5, 0.6) is 0 Å². The second-order valence-electron chi connectivity index (χ2n) is 12.7. The highest BCUT2D eigenvalue weighted by molar-refractivity contribution is 5.90. The van der Waals surface area contributed by atoms with E-state index in [-0.39, 0.29) is 35.1 Å². The van der Waals surface area contributed by atoms with Crippen molar-refractivity contribution in [1.29, 1.82) is 0 Å². The first-order valence-electron chi connectivity index (χ1n) is 14.9. The van der Waals surface area contributed by atoms with Gasteiger partial charge in [0.1, 0.15) is 11.9 Å². The highest BCUT2D eigenvalue weighted by Crippen LogP contribution is 2.66. The Bertz CT molecular complexity index is 926. The van der Waals surface area contributed by atoms with Crippen LogP contribution in [0.3, 0.4) is 0 Å². The Morgan fingerprint density at radius 2 is 1.64 bits per heavy atom. The van der Waals surface area contributed by atoms with Crippen molar-refractivity contribution in [3.05, 3.63) is 36.1 Å². The number of carbonyl (C=O) groups is 3. The SMILES string of the molecule is C=CC(=O)OC(CCCCCCCC(C)C)=C(C)C(=O)OCCCC(=C)C(=O)OC1C[C@H]2CC[C@@]1(C)C2(C)C. The van der Waals surface area contributed by atoms with Crippen molar-refractivity contribution in [2.45, 2.75) is 125 Å². The predicted octanol–water partition coefficient (Wildman–Crippen LogP) is 8.01. The third-order valence-electron chi connectivity index (χ3n) is 9.41. The molecule has 2 aliphatic rings. The molecule has 0 radical (unpaired) electrons. The van der Waals surface area contributed by atoms with Crippen LogP contribution in [0.15, 0.2) is 36.1 Å². The molecule has 2 saturated carbocycles. The van der Waals surface area contributed by atoms with Gasteiger partial charge < -0.3 is 14.2 Å². The molecule has 1 unspecified atom stereocenters. The van der Waals surface area contributed by atoms with Gasteiger partial charge in [0.05, 0.1) is 12.2 Å². The maximum Gasteiger partial charge on any atom is 0.337 e. The van der Waals surface area contributed by atoms with E-state index in [4.69, 9.17) is 14.2 Å². The van der Waals surface area contributed by atoms with Gasteiger partial charge in [-0.3, -0.25) is 0 Å². The topological polar surface area (TPSA) is 78.9 Å². The van der Waals surface area contributed by atoms with Crippen LogP contribution >= 0.6 is 0 Å². The van der Waals surface area contributed by atoms with Gasteiger partial charge in [0.2, 0.25) is 0 Å². The second kappa shape index (κ2) is 14.9. The zero-order valence-corrected chi connectivity index (χ0v) is 25.4. The van der Waals surface area contributed by atoms with Gasteiger partial charge >= 0.3 is 17.9 Å². The summed E-state index contributed by atoms with van der Waals surface area (Å²) in [6, 6.07) is 0. The first-order valence-corrected chi connectivity index (χ1v) is 14.9. The maximum atomic E-state index is 12.7. The first-order chi connectivity index (χ1) is 18.3. The molecule has 3 atom stereocenters. The standard InChI is InChI=1S/C33H52O6/c1-9-29(34)38-27(18-14-12-10-11-13-16-23(2)3)25(5)31(36)37-21-15-17-24(4)30(35)39-28-22-26-19-20-33(28,8)32(26,6)7/h9,23,26,28H,1,4,10-22H2,2-3,5-8H3/t26-,28?,33-/m1/s1. The van der Waals surface area contributed by atoms with Gasteiger partial charge in [-0.25, -0.2) is 14.4 Å². The van der Waals surface area contributed by atoms with Crippen LogP contribution in [-0.4, -0.2) is 30.6 Å². The van der Waals surface area contributed by atoms with E-state index < -0.39 is 11.9 Å². The minimum Gasteiger partial charge on any atom is -0.462 e. The van der Waals surface area contributed by atoms with Crippen LogP contribution in [0, 0.1) is 22.7 Å². The zero-order valence-electron chi connectivity index (χ0n) is 25.4. The minimum atomic E-state index is -0.586. The Morgan fingerprint density at radius 3 is 2.23 bits per heavy atom. The summed E-state index contributed by atoms with van der Waals surface area (Å²) >= 11 is 0. The molecule has 0 aromatic rings. The molecule has 0 heterocycles. The van der Waals surface area contributed by atoms with E-state index in [0.717, 1.165) is 44.1 Å². The lowest BCUT2D eigenvalue weighted by molar-refractivity contribution is -0.152. The van der Waals surface area contributed by atoms with Crippen molar-refractivity contribution in [3.8, 4) is 0 Å². The Balaban J connectivity index is 1.77. The van der Waals surface area contributed by atoms with E-state index in [9.17, 15) is 14.4 Å². The third-order valence-corrected chi connectivity index (χ3v) is 9.41. The van der Waals surface area contributed by atoms with Crippen LogP contribution in [0.1, 0.15) is 119 Å². The van der Waals surface area contributed by atoms with Gasteiger partial charge in [-0.2, -0.15) is 0 Å². The lowest BCUT2D eigenvalue weighted by Crippen LogP contribution is -2.38. The Kier molecular flexibility index (Phi) is 12.5. The predicted molar refractivity (Wildman–Crippen MR) is 155 cm³/mol. The molecule has 0 spiro atoms. The highest BCUT2D eigenvalue weighted by Gasteiger charge is 2.62. The average molecular weight is 545 g/mol. The summed E-state index contributed by atoms with van der Waals surface area (Å²) in [5.41, 5.74) is 0.866. The van der Waals surface area contributed by atoms with Crippen LogP contribution in [0.25, 0.3) is 0 Å². The number of esters is 3. The van der Waals surface area contributed by atoms with Gasteiger partial charge in [-0.1, -0.05) is 79.9 Å². The van der Waals surface area contributed by atoms with E-state index >= 15 is 0 Å². The monoisotopic (exact) mass is 544 g/mol. The van der Waals surface area contributed by atoms with Crippen molar-refractivity contribution in [2.75, 3.05) is 6.61 Å². The lowest BCUT2D eigenvalue weighted by Gasteiger charge is -2.38. The van der Waals surface area contributed by atoms with Gasteiger partial charge in [0.15, 0.2) is 0 Å². The van der Waals surface area contributed by atoms with E-state index in [1.807, 2.05) is 0 Å². The molecule has 2 aliphatic carbocycles. The Labute approximate surface area is 236 Å².